The van der Waals surface area contributed by atoms with Crippen molar-refractivity contribution in [2.24, 2.45) is 11.1 Å². The van der Waals surface area contributed by atoms with Gasteiger partial charge in [-0.05, 0) is 60.6 Å². The van der Waals surface area contributed by atoms with Gasteiger partial charge in [0.05, 0.1) is 17.0 Å². The van der Waals surface area contributed by atoms with Crippen molar-refractivity contribution in [2.75, 3.05) is 11.4 Å². The Balaban J connectivity index is 1.52. The molecule has 1 atom stereocenters. The van der Waals surface area contributed by atoms with E-state index in [0.717, 1.165) is 24.0 Å². The Labute approximate surface area is 199 Å². The van der Waals surface area contributed by atoms with Gasteiger partial charge in [-0.3, -0.25) is 14.4 Å². The van der Waals surface area contributed by atoms with Crippen LogP contribution in [-0.2, 0) is 30.8 Å². The van der Waals surface area contributed by atoms with Gasteiger partial charge >= 0.3 is 0 Å². The largest absolute Gasteiger partial charge is 0.330 e. The van der Waals surface area contributed by atoms with Crippen molar-refractivity contribution in [2.45, 2.75) is 56.4 Å². The van der Waals surface area contributed by atoms with Gasteiger partial charge in [0.25, 0.3) is 5.91 Å². The standard InChI is InChI=1S/C25H29N3O5S/c1-16(2)18-7-9-20(10-8-18)28-23(29)15-22(25(28)31)27(24(30)19-5-6-19)14-13-17-3-11-21(12-4-17)34(26,32)33/h3-4,7-12,16,19,22H,5-6,13-15H2,1-2H3,(H2,26,32,33). The van der Waals surface area contributed by atoms with Crippen LogP contribution in [0.15, 0.2) is 53.4 Å². The first-order chi connectivity index (χ1) is 16.1. The average Bonchev–Trinajstić information content (AvgIpc) is 3.59. The highest BCUT2D eigenvalue weighted by Crippen LogP contribution is 2.34. The molecule has 0 aromatic heterocycles. The highest BCUT2D eigenvalue weighted by atomic mass is 32.2. The Kier molecular flexibility index (Phi) is 6.60. The summed E-state index contributed by atoms with van der Waals surface area (Å²) in [5, 5.41) is 5.15. The summed E-state index contributed by atoms with van der Waals surface area (Å²) in [6.45, 7) is 4.40. The van der Waals surface area contributed by atoms with Gasteiger partial charge in [0, 0.05) is 12.5 Å². The van der Waals surface area contributed by atoms with Crippen LogP contribution in [0, 0.1) is 5.92 Å². The number of nitrogens with zero attached hydrogens (tertiary/aromatic N) is 2. The molecule has 2 aliphatic rings. The van der Waals surface area contributed by atoms with E-state index >= 15 is 0 Å². The monoisotopic (exact) mass is 483 g/mol. The summed E-state index contributed by atoms with van der Waals surface area (Å²) in [6.07, 6.45) is 1.94. The lowest BCUT2D eigenvalue weighted by atomic mass is 10.0. The van der Waals surface area contributed by atoms with Gasteiger partial charge in [-0.15, -0.1) is 0 Å². The van der Waals surface area contributed by atoms with Gasteiger partial charge in [0.15, 0.2) is 0 Å². The second-order valence-electron chi connectivity index (χ2n) is 9.28. The summed E-state index contributed by atoms with van der Waals surface area (Å²) in [7, 11) is -3.79. The van der Waals surface area contributed by atoms with E-state index in [2.05, 4.69) is 13.8 Å². The first-order valence-corrected chi connectivity index (χ1v) is 13.0. The van der Waals surface area contributed by atoms with Crippen molar-refractivity contribution in [1.82, 2.24) is 4.90 Å². The number of carbonyl (C=O) groups excluding carboxylic acids is 3. The number of imide groups is 1. The summed E-state index contributed by atoms with van der Waals surface area (Å²) in [6, 6.07) is 12.6. The highest BCUT2D eigenvalue weighted by Gasteiger charge is 2.46. The molecule has 34 heavy (non-hydrogen) atoms. The molecule has 3 amide bonds. The molecule has 1 saturated carbocycles. The zero-order chi connectivity index (χ0) is 24.6. The number of hydrogen-bond acceptors (Lipinski definition) is 5. The Morgan fingerprint density at radius 2 is 1.68 bits per heavy atom. The zero-order valence-corrected chi connectivity index (χ0v) is 20.1. The first kappa shape index (κ1) is 24.1. The number of primary sulfonamides is 1. The number of hydrogen-bond donors (Lipinski definition) is 1. The first-order valence-electron chi connectivity index (χ1n) is 11.4. The Morgan fingerprint density at radius 1 is 1.06 bits per heavy atom. The maximum absolute atomic E-state index is 13.3. The molecule has 0 radical (unpaired) electrons. The van der Waals surface area contributed by atoms with Crippen molar-refractivity contribution in [3.63, 3.8) is 0 Å². The van der Waals surface area contributed by atoms with Crippen LogP contribution in [0.25, 0.3) is 0 Å². The summed E-state index contributed by atoms with van der Waals surface area (Å²) in [5.74, 6) is -0.590. The van der Waals surface area contributed by atoms with Crippen LogP contribution < -0.4 is 10.0 Å². The maximum atomic E-state index is 13.3. The second-order valence-corrected chi connectivity index (χ2v) is 10.8. The fourth-order valence-corrected chi connectivity index (χ4v) is 4.73. The van der Waals surface area contributed by atoms with E-state index in [1.165, 1.54) is 21.9 Å². The van der Waals surface area contributed by atoms with Crippen molar-refractivity contribution in [3.8, 4) is 0 Å². The molecule has 1 saturated heterocycles. The highest BCUT2D eigenvalue weighted by molar-refractivity contribution is 7.89. The smallest absolute Gasteiger partial charge is 0.257 e. The molecule has 4 rings (SSSR count). The van der Waals surface area contributed by atoms with E-state index in [1.807, 2.05) is 12.1 Å². The van der Waals surface area contributed by atoms with Crippen LogP contribution in [0.4, 0.5) is 5.69 Å². The minimum atomic E-state index is -3.79. The van der Waals surface area contributed by atoms with Crippen LogP contribution in [-0.4, -0.2) is 43.6 Å². The van der Waals surface area contributed by atoms with Gasteiger partial charge < -0.3 is 4.90 Å². The number of benzene rings is 2. The van der Waals surface area contributed by atoms with Gasteiger partial charge in [0.1, 0.15) is 6.04 Å². The number of rotatable bonds is 8. The molecular weight excluding hydrogens is 454 g/mol. The van der Waals surface area contributed by atoms with Crippen molar-refractivity contribution < 1.29 is 22.8 Å². The lowest BCUT2D eigenvalue weighted by Crippen LogP contribution is -2.47. The van der Waals surface area contributed by atoms with Crippen molar-refractivity contribution in [3.05, 3.63) is 59.7 Å². The number of amides is 3. The molecule has 2 fully saturated rings. The van der Waals surface area contributed by atoms with Crippen LogP contribution in [0.5, 0.6) is 0 Å². The van der Waals surface area contributed by atoms with Crippen LogP contribution in [0.3, 0.4) is 0 Å². The van der Waals surface area contributed by atoms with Gasteiger partial charge in [-0.25, -0.2) is 18.5 Å². The van der Waals surface area contributed by atoms with E-state index < -0.39 is 16.1 Å². The number of nitrogens with two attached hydrogens (primary N) is 1. The third-order valence-corrected chi connectivity index (χ3v) is 7.35. The topological polar surface area (TPSA) is 118 Å². The van der Waals surface area contributed by atoms with E-state index in [9.17, 15) is 22.8 Å². The fraction of sp³-hybridized carbons (Fsp3) is 0.400. The lowest BCUT2D eigenvalue weighted by Gasteiger charge is -2.28. The molecule has 9 heteroatoms. The molecule has 2 aromatic carbocycles. The molecule has 180 valence electrons. The Hall–Kier alpha value is -3.04. The maximum Gasteiger partial charge on any atom is 0.257 e. The molecule has 1 unspecified atom stereocenters. The van der Waals surface area contributed by atoms with Gasteiger partial charge in [-0.2, -0.15) is 0 Å². The van der Waals surface area contributed by atoms with E-state index in [-0.39, 0.29) is 41.5 Å². The minimum Gasteiger partial charge on any atom is -0.330 e. The summed E-state index contributed by atoms with van der Waals surface area (Å²) < 4.78 is 22.9. The summed E-state index contributed by atoms with van der Waals surface area (Å²) >= 11 is 0. The van der Waals surface area contributed by atoms with E-state index in [1.54, 1.807) is 24.3 Å². The Morgan fingerprint density at radius 3 is 2.21 bits per heavy atom. The Bertz CT molecular complexity index is 1200. The molecule has 0 bridgehead atoms. The predicted molar refractivity (Wildman–Crippen MR) is 127 cm³/mol. The minimum absolute atomic E-state index is 0.0119. The van der Waals surface area contributed by atoms with Crippen molar-refractivity contribution in [1.29, 1.82) is 0 Å². The average molecular weight is 484 g/mol. The molecule has 0 spiro atoms. The second kappa shape index (κ2) is 9.31. The number of carbonyl (C=O) groups is 3. The SMILES string of the molecule is CC(C)c1ccc(N2C(=O)CC(N(CCc3ccc(S(N)(=O)=O)cc3)C(=O)C3CC3)C2=O)cc1. The molecule has 2 N–H and O–H groups in total. The number of sulfonamides is 1. The van der Waals surface area contributed by atoms with E-state index in [4.69, 9.17) is 5.14 Å². The summed E-state index contributed by atoms with van der Waals surface area (Å²) in [4.78, 5) is 41.9. The lowest BCUT2D eigenvalue weighted by molar-refractivity contribution is -0.139. The summed E-state index contributed by atoms with van der Waals surface area (Å²) in [5.41, 5.74) is 2.43. The van der Waals surface area contributed by atoms with E-state index in [0.29, 0.717) is 18.0 Å². The van der Waals surface area contributed by atoms with Crippen LogP contribution in [0.1, 0.15) is 50.2 Å². The number of anilines is 1. The fourth-order valence-electron chi connectivity index (χ4n) is 4.22. The third kappa shape index (κ3) is 5.05. The molecule has 1 heterocycles. The van der Waals surface area contributed by atoms with Crippen LogP contribution in [0.2, 0.25) is 0 Å². The quantitative estimate of drug-likeness (QED) is 0.579. The molecule has 1 aliphatic carbocycles. The molecule has 1 aliphatic heterocycles. The zero-order valence-electron chi connectivity index (χ0n) is 19.3. The normalized spacial score (nSPS) is 18.6. The third-order valence-electron chi connectivity index (χ3n) is 6.42. The molecule has 2 aromatic rings. The predicted octanol–water partition coefficient (Wildman–Crippen LogP) is 2.57. The van der Waals surface area contributed by atoms with Crippen LogP contribution >= 0.6 is 0 Å². The van der Waals surface area contributed by atoms with Crippen molar-refractivity contribution >= 4 is 33.4 Å². The molecule has 8 nitrogen and oxygen atoms in total. The van der Waals surface area contributed by atoms with Gasteiger partial charge in [-0.1, -0.05) is 38.1 Å². The molecular formula is C25H29N3O5S. The van der Waals surface area contributed by atoms with Gasteiger partial charge in [0.2, 0.25) is 21.8 Å².